The molecule has 0 saturated carbocycles. The number of rotatable bonds is 12. The number of aryl methyl sites for hydroxylation is 1. The van der Waals surface area contributed by atoms with Gasteiger partial charge in [0.05, 0.1) is 0 Å². The molecule has 0 atom stereocenters. The van der Waals surface area contributed by atoms with Crippen molar-refractivity contribution in [1.29, 1.82) is 0 Å². The van der Waals surface area contributed by atoms with E-state index < -0.39 is 0 Å². The van der Waals surface area contributed by atoms with E-state index in [2.05, 4.69) is 57.0 Å². The van der Waals surface area contributed by atoms with Gasteiger partial charge >= 0.3 is 0 Å². The van der Waals surface area contributed by atoms with Crippen molar-refractivity contribution < 1.29 is 9.67 Å². The molecule has 3 heteroatoms. The summed E-state index contributed by atoms with van der Waals surface area (Å²) in [6.07, 6.45) is 17.0. The first-order chi connectivity index (χ1) is 12.8. The molecule has 0 aliphatic carbocycles. The molecule has 1 heterocycles. The largest absolute Gasteiger partial charge is 0.508 e. The van der Waals surface area contributed by atoms with Crippen molar-refractivity contribution in [3.63, 3.8) is 0 Å². The molecule has 0 saturated heterocycles. The number of aromatic nitrogens is 1. The summed E-state index contributed by atoms with van der Waals surface area (Å²) in [5, 5.41) is 10.7. The molecule has 0 spiro atoms. The molecule has 1 aromatic heterocycles. The van der Waals surface area contributed by atoms with Crippen LogP contribution in [-0.4, -0.2) is 10.4 Å². The Morgan fingerprint density at radius 1 is 0.808 bits per heavy atom. The van der Waals surface area contributed by atoms with Crippen LogP contribution in [0.15, 0.2) is 48.7 Å². The quantitative estimate of drug-likeness (QED) is 0.242. The summed E-state index contributed by atoms with van der Waals surface area (Å²) in [6.45, 7) is 1.06. The monoisotopic (exact) mass is 416 g/mol. The van der Waals surface area contributed by atoms with Gasteiger partial charge in [-0.15, -0.1) is 0 Å². The van der Waals surface area contributed by atoms with E-state index in [0.29, 0.717) is 5.75 Å². The van der Waals surface area contributed by atoms with Gasteiger partial charge in [0.25, 0.3) is 0 Å². The maximum absolute atomic E-state index is 9.57. The lowest BCUT2D eigenvalue weighted by Gasteiger charge is -2.02. The van der Waals surface area contributed by atoms with E-state index in [0.717, 1.165) is 17.4 Å². The van der Waals surface area contributed by atoms with Crippen LogP contribution < -0.4 is 4.57 Å². The van der Waals surface area contributed by atoms with Crippen LogP contribution in [0.1, 0.15) is 62.6 Å². The Bertz CT molecular complexity index is 669. The predicted octanol–water partition coefficient (Wildman–Crippen LogP) is 6.37. The van der Waals surface area contributed by atoms with Gasteiger partial charge in [-0.1, -0.05) is 60.2 Å². The van der Waals surface area contributed by atoms with Gasteiger partial charge in [0.2, 0.25) is 5.69 Å². The Morgan fingerprint density at radius 3 is 2.27 bits per heavy atom. The van der Waals surface area contributed by atoms with Gasteiger partial charge in [-0.2, -0.15) is 4.57 Å². The molecule has 1 aromatic carbocycles. The van der Waals surface area contributed by atoms with Gasteiger partial charge in [0, 0.05) is 30.0 Å². The van der Waals surface area contributed by atoms with Crippen LogP contribution in [0.2, 0.25) is 0 Å². The van der Waals surface area contributed by atoms with E-state index in [-0.39, 0.29) is 0 Å². The molecule has 0 unspecified atom stereocenters. The zero-order valence-corrected chi connectivity index (χ0v) is 17.2. The first-order valence-corrected chi connectivity index (χ1v) is 10.9. The van der Waals surface area contributed by atoms with E-state index in [4.69, 9.17) is 0 Å². The molecule has 26 heavy (non-hydrogen) atoms. The maximum Gasteiger partial charge on any atom is 0.205 e. The number of hydrogen-bond donors (Lipinski definition) is 1. The van der Waals surface area contributed by atoms with Crippen molar-refractivity contribution in [1.82, 2.24) is 0 Å². The Labute approximate surface area is 166 Å². The molecule has 2 nitrogen and oxygen atoms in total. The fraction of sp³-hybridized carbons (Fsp3) is 0.435. The van der Waals surface area contributed by atoms with Gasteiger partial charge in [0.1, 0.15) is 12.3 Å². The number of nitrogens with zero attached hydrogens (tertiary/aromatic N) is 1. The summed E-state index contributed by atoms with van der Waals surface area (Å²) < 4.78 is 2.31. The van der Waals surface area contributed by atoms with E-state index in [1.807, 2.05) is 12.1 Å². The van der Waals surface area contributed by atoms with E-state index in [9.17, 15) is 5.11 Å². The summed E-state index contributed by atoms with van der Waals surface area (Å²) in [7, 11) is 0. The zero-order valence-electron chi connectivity index (χ0n) is 15.6. The molecule has 0 amide bonds. The third kappa shape index (κ3) is 8.18. The van der Waals surface area contributed by atoms with Crippen molar-refractivity contribution in [3.05, 3.63) is 59.9 Å². The van der Waals surface area contributed by atoms with Gasteiger partial charge in [0.15, 0.2) is 6.20 Å². The summed E-state index contributed by atoms with van der Waals surface area (Å²) in [5.41, 5.74) is 2.21. The molecular weight excluding hydrogens is 386 g/mol. The van der Waals surface area contributed by atoms with Gasteiger partial charge in [-0.05, 0) is 42.7 Å². The highest BCUT2D eigenvalue weighted by Gasteiger charge is 2.06. The second kappa shape index (κ2) is 12.7. The first-order valence-electron chi connectivity index (χ1n) is 9.81. The minimum Gasteiger partial charge on any atom is -0.508 e. The average molecular weight is 417 g/mol. The number of pyridine rings is 1. The lowest BCUT2D eigenvalue weighted by molar-refractivity contribution is -0.699. The van der Waals surface area contributed by atoms with Crippen LogP contribution in [0.3, 0.4) is 0 Å². The normalized spacial score (nSPS) is 11.3. The number of aromatic hydroxyl groups is 1. The molecule has 140 valence electrons. The highest BCUT2D eigenvalue weighted by Crippen LogP contribution is 2.13. The number of phenols is 1. The zero-order chi connectivity index (χ0) is 18.5. The smallest absolute Gasteiger partial charge is 0.205 e. The van der Waals surface area contributed by atoms with Gasteiger partial charge in [-0.25, -0.2) is 0 Å². The molecule has 2 aromatic rings. The minimum absolute atomic E-state index is 0.306. The molecule has 1 N–H and O–H groups in total. The molecule has 2 rings (SSSR count). The van der Waals surface area contributed by atoms with Crippen LogP contribution >= 0.6 is 15.9 Å². The first kappa shape index (κ1) is 20.7. The van der Waals surface area contributed by atoms with E-state index >= 15 is 0 Å². The van der Waals surface area contributed by atoms with Crippen LogP contribution in [0.25, 0.3) is 12.2 Å². The molecule has 0 fully saturated rings. The van der Waals surface area contributed by atoms with Crippen LogP contribution in [0, 0.1) is 0 Å². The van der Waals surface area contributed by atoms with Crippen molar-refractivity contribution in [2.75, 3.05) is 5.33 Å². The summed E-state index contributed by atoms with van der Waals surface area (Å²) >= 11 is 3.49. The number of unbranched alkanes of at least 4 members (excludes halogenated alkanes) is 7. The predicted molar refractivity (Wildman–Crippen MR) is 114 cm³/mol. The van der Waals surface area contributed by atoms with E-state index in [1.54, 1.807) is 12.1 Å². The third-order valence-electron chi connectivity index (χ3n) is 4.58. The topological polar surface area (TPSA) is 24.1 Å². The van der Waals surface area contributed by atoms with E-state index in [1.165, 1.54) is 57.1 Å². The lowest BCUT2D eigenvalue weighted by atomic mass is 10.1. The molecular formula is C23H31BrNO+. The molecule has 0 radical (unpaired) electrons. The Hall–Kier alpha value is -1.61. The number of alkyl halides is 1. The Morgan fingerprint density at radius 2 is 1.54 bits per heavy atom. The third-order valence-corrected chi connectivity index (χ3v) is 5.14. The van der Waals surface area contributed by atoms with Crippen molar-refractivity contribution in [2.24, 2.45) is 0 Å². The standard InChI is InChI=1S/C23H30BrNO/c24-17-8-5-3-1-2-4-6-9-18-25-19-10-7-13-22(25)16-15-21-12-11-14-23(26)20-21/h7,10-16,19-20H,1-6,8-9,17-18H2/p+1/b16-15+. The Balaban J connectivity index is 1.74. The number of hydrogen-bond acceptors (Lipinski definition) is 1. The van der Waals surface area contributed by atoms with Crippen molar-refractivity contribution in [3.8, 4) is 5.75 Å². The maximum atomic E-state index is 9.57. The average Bonchev–Trinajstić information content (AvgIpc) is 2.66. The SMILES string of the molecule is Oc1cccc(/C=C/c2cccc[n+]2CCCCCCCCCCBr)c1. The van der Waals surface area contributed by atoms with Crippen molar-refractivity contribution in [2.45, 2.75) is 57.9 Å². The molecule has 0 aliphatic rings. The molecule has 0 aliphatic heterocycles. The van der Waals surface area contributed by atoms with Crippen molar-refractivity contribution >= 4 is 28.1 Å². The van der Waals surface area contributed by atoms with Crippen LogP contribution in [-0.2, 0) is 6.54 Å². The Kier molecular flexibility index (Phi) is 10.1. The number of halogens is 1. The highest BCUT2D eigenvalue weighted by atomic mass is 79.9. The van der Waals surface area contributed by atoms with Crippen LogP contribution in [0.4, 0.5) is 0 Å². The van der Waals surface area contributed by atoms with Gasteiger partial charge < -0.3 is 5.11 Å². The fourth-order valence-corrected chi connectivity index (χ4v) is 3.49. The second-order valence-electron chi connectivity index (χ2n) is 6.76. The minimum atomic E-state index is 0.306. The summed E-state index contributed by atoms with van der Waals surface area (Å²) in [5.74, 6) is 0.306. The second-order valence-corrected chi connectivity index (χ2v) is 7.56. The number of phenolic OH excluding ortho intramolecular Hbond substituents is 1. The van der Waals surface area contributed by atoms with Gasteiger partial charge in [-0.3, -0.25) is 0 Å². The lowest BCUT2D eigenvalue weighted by Crippen LogP contribution is -2.36. The summed E-state index contributed by atoms with van der Waals surface area (Å²) in [4.78, 5) is 0. The fourth-order valence-electron chi connectivity index (χ4n) is 3.09. The molecule has 0 bridgehead atoms. The van der Waals surface area contributed by atoms with Crippen LogP contribution in [0.5, 0.6) is 5.75 Å². The number of benzene rings is 1. The highest BCUT2D eigenvalue weighted by molar-refractivity contribution is 9.09. The summed E-state index contributed by atoms with van der Waals surface area (Å²) in [6, 6.07) is 13.7.